The van der Waals surface area contributed by atoms with Gasteiger partial charge in [-0.25, -0.2) is 0 Å². The Bertz CT molecular complexity index is 482. The van der Waals surface area contributed by atoms with Crippen LogP contribution in [0.5, 0.6) is 0 Å². The Labute approximate surface area is 88.3 Å². The van der Waals surface area contributed by atoms with Gasteiger partial charge in [0.2, 0.25) is 0 Å². The maximum absolute atomic E-state index is 4.14. The second kappa shape index (κ2) is 3.31. The minimum atomic E-state index is 0.600. The van der Waals surface area contributed by atoms with Crippen LogP contribution in [-0.2, 0) is 0 Å². The van der Waals surface area contributed by atoms with E-state index in [9.17, 15) is 0 Å². The molecule has 0 bridgehead atoms. The van der Waals surface area contributed by atoms with Gasteiger partial charge in [0, 0.05) is 18.2 Å². The summed E-state index contributed by atoms with van der Waals surface area (Å²) in [5.41, 5.74) is 2.29. The Morgan fingerprint density at radius 1 is 1.40 bits per heavy atom. The summed E-state index contributed by atoms with van der Waals surface area (Å²) in [6.45, 7) is 4.19. The maximum Gasteiger partial charge on any atom is 0.160 e. The van der Waals surface area contributed by atoms with E-state index < -0.39 is 0 Å². The monoisotopic (exact) mass is 202 g/mol. The molecular formula is C11H14N4. The number of nitrogens with zero attached hydrogens (tertiary/aromatic N) is 3. The van der Waals surface area contributed by atoms with Gasteiger partial charge in [-0.2, -0.15) is 0 Å². The van der Waals surface area contributed by atoms with Crippen molar-refractivity contribution in [1.29, 1.82) is 0 Å². The lowest BCUT2D eigenvalue weighted by atomic mass is 10.0. The van der Waals surface area contributed by atoms with Crippen molar-refractivity contribution in [2.75, 3.05) is 13.1 Å². The van der Waals surface area contributed by atoms with E-state index in [1.165, 1.54) is 12.1 Å². The number of pyridine rings is 1. The predicted molar refractivity (Wildman–Crippen MR) is 58.0 cm³/mol. The normalized spacial score (nSPS) is 21.3. The Hall–Kier alpha value is -1.42. The van der Waals surface area contributed by atoms with Crippen molar-refractivity contribution in [3.8, 4) is 0 Å². The molecule has 1 saturated heterocycles. The summed E-state index contributed by atoms with van der Waals surface area (Å²) in [6.07, 6.45) is 1.21. The summed E-state index contributed by atoms with van der Waals surface area (Å²) in [5, 5.41) is 11.7. The van der Waals surface area contributed by atoms with Gasteiger partial charge in [0.15, 0.2) is 5.65 Å². The summed E-state index contributed by atoms with van der Waals surface area (Å²) >= 11 is 0. The van der Waals surface area contributed by atoms with Crippen molar-refractivity contribution in [2.24, 2.45) is 0 Å². The number of rotatable bonds is 1. The minimum absolute atomic E-state index is 0.600. The van der Waals surface area contributed by atoms with Crippen LogP contribution >= 0.6 is 0 Å². The number of nitrogens with one attached hydrogen (secondary N) is 1. The van der Waals surface area contributed by atoms with Crippen LogP contribution in [0.1, 0.15) is 23.9 Å². The summed E-state index contributed by atoms with van der Waals surface area (Å²) in [4.78, 5) is 0. The van der Waals surface area contributed by atoms with E-state index in [2.05, 4.69) is 32.0 Å². The van der Waals surface area contributed by atoms with Crippen molar-refractivity contribution >= 4 is 5.65 Å². The van der Waals surface area contributed by atoms with Crippen LogP contribution in [0.15, 0.2) is 18.2 Å². The van der Waals surface area contributed by atoms with Crippen LogP contribution in [0.3, 0.4) is 0 Å². The molecule has 0 amide bonds. The molecule has 78 valence electrons. The third-order valence-corrected chi connectivity index (χ3v) is 3.10. The molecule has 1 fully saturated rings. The predicted octanol–water partition coefficient (Wildman–Crippen LogP) is 1.11. The zero-order valence-corrected chi connectivity index (χ0v) is 8.77. The van der Waals surface area contributed by atoms with Crippen LogP contribution in [0.25, 0.3) is 5.65 Å². The third-order valence-electron chi connectivity index (χ3n) is 3.10. The fourth-order valence-electron chi connectivity index (χ4n) is 2.34. The standard InChI is InChI=1S/C11H14N4/c1-8-13-14-11-4-2-3-10(15(8)11)9-5-6-12-7-9/h2-4,9,12H,5-7H2,1H3. The molecule has 1 aliphatic rings. The molecule has 4 heteroatoms. The molecule has 1 unspecified atom stereocenters. The summed E-state index contributed by atoms with van der Waals surface area (Å²) in [6, 6.07) is 6.25. The quantitative estimate of drug-likeness (QED) is 0.753. The molecule has 4 nitrogen and oxygen atoms in total. The fraction of sp³-hybridized carbons (Fsp3) is 0.455. The summed E-state index contributed by atoms with van der Waals surface area (Å²) < 4.78 is 2.16. The first-order chi connectivity index (χ1) is 7.36. The molecule has 0 radical (unpaired) electrons. The summed E-state index contributed by atoms with van der Waals surface area (Å²) in [7, 11) is 0. The third kappa shape index (κ3) is 1.33. The zero-order valence-electron chi connectivity index (χ0n) is 8.77. The highest BCUT2D eigenvalue weighted by atomic mass is 15.2. The molecule has 2 aromatic heterocycles. The van der Waals surface area contributed by atoms with Gasteiger partial charge < -0.3 is 5.32 Å². The number of hydrogen-bond acceptors (Lipinski definition) is 3. The van der Waals surface area contributed by atoms with Crippen LogP contribution in [-0.4, -0.2) is 27.7 Å². The first kappa shape index (κ1) is 8.85. The number of aryl methyl sites for hydroxylation is 1. The van der Waals surface area contributed by atoms with Crippen LogP contribution in [0.4, 0.5) is 0 Å². The maximum atomic E-state index is 4.14. The van der Waals surface area contributed by atoms with E-state index in [0.29, 0.717) is 5.92 Å². The van der Waals surface area contributed by atoms with E-state index >= 15 is 0 Å². The highest BCUT2D eigenvalue weighted by Gasteiger charge is 2.19. The lowest BCUT2D eigenvalue weighted by molar-refractivity contribution is 0.715. The van der Waals surface area contributed by atoms with E-state index in [4.69, 9.17) is 0 Å². The lowest BCUT2D eigenvalue weighted by Gasteiger charge is -2.11. The molecule has 0 saturated carbocycles. The van der Waals surface area contributed by atoms with Crippen molar-refractivity contribution in [3.63, 3.8) is 0 Å². The van der Waals surface area contributed by atoms with Crippen LogP contribution < -0.4 is 5.32 Å². The van der Waals surface area contributed by atoms with Gasteiger partial charge in [0.05, 0.1) is 0 Å². The molecule has 3 rings (SSSR count). The minimum Gasteiger partial charge on any atom is -0.316 e. The molecule has 1 aliphatic heterocycles. The molecule has 0 aliphatic carbocycles. The topological polar surface area (TPSA) is 42.2 Å². The van der Waals surface area contributed by atoms with E-state index in [-0.39, 0.29) is 0 Å². The van der Waals surface area contributed by atoms with E-state index in [1.807, 2.05) is 13.0 Å². The Balaban J connectivity index is 2.19. The molecular weight excluding hydrogens is 188 g/mol. The van der Waals surface area contributed by atoms with Crippen molar-refractivity contribution < 1.29 is 0 Å². The number of hydrogen-bond donors (Lipinski definition) is 1. The van der Waals surface area contributed by atoms with Gasteiger partial charge >= 0.3 is 0 Å². The van der Waals surface area contributed by atoms with Crippen molar-refractivity contribution in [3.05, 3.63) is 29.7 Å². The van der Waals surface area contributed by atoms with Crippen LogP contribution in [0.2, 0.25) is 0 Å². The van der Waals surface area contributed by atoms with Crippen LogP contribution in [0, 0.1) is 6.92 Å². The molecule has 0 aromatic carbocycles. The molecule has 15 heavy (non-hydrogen) atoms. The Morgan fingerprint density at radius 2 is 2.33 bits per heavy atom. The second-order valence-corrected chi connectivity index (χ2v) is 4.08. The number of aromatic nitrogens is 3. The highest BCUT2D eigenvalue weighted by Crippen LogP contribution is 2.23. The summed E-state index contributed by atoms with van der Waals surface area (Å²) in [5.74, 6) is 1.58. The fourth-order valence-corrected chi connectivity index (χ4v) is 2.34. The van der Waals surface area contributed by atoms with Gasteiger partial charge in [-0.05, 0) is 32.0 Å². The van der Waals surface area contributed by atoms with Gasteiger partial charge in [-0.1, -0.05) is 6.07 Å². The molecule has 0 spiro atoms. The second-order valence-electron chi connectivity index (χ2n) is 4.08. The van der Waals surface area contributed by atoms with Gasteiger partial charge in [-0.15, -0.1) is 10.2 Å². The first-order valence-corrected chi connectivity index (χ1v) is 5.37. The van der Waals surface area contributed by atoms with Gasteiger partial charge in [0.25, 0.3) is 0 Å². The largest absolute Gasteiger partial charge is 0.316 e. The van der Waals surface area contributed by atoms with Gasteiger partial charge in [0.1, 0.15) is 5.82 Å². The highest BCUT2D eigenvalue weighted by molar-refractivity contribution is 5.40. The Kier molecular flexibility index (Phi) is 1.95. The average molecular weight is 202 g/mol. The number of fused-ring (bicyclic) bond motifs is 1. The average Bonchev–Trinajstić information content (AvgIpc) is 2.88. The SMILES string of the molecule is Cc1nnc2cccc(C3CCNC3)n12. The molecule has 2 aromatic rings. The first-order valence-electron chi connectivity index (χ1n) is 5.37. The lowest BCUT2D eigenvalue weighted by Crippen LogP contribution is -2.10. The molecule has 1 atom stereocenters. The van der Waals surface area contributed by atoms with E-state index in [1.54, 1.807) is 0 Å². The van der Waals surface area contributed by atoms with Crippen molar-refractivity contribution in [2.45, 2.75) is 19.3 Å². The molecule has 3 heterocycles. The van der Waals surface area contributed by atoms with Crippen molar-refractivity contribution in [1.82, 2.24) is 19.9 Å². The molecule has 1 N–H and O–H groups in total. The smallest absolute Gasteiger partial charge is 0.160 e. The van der Waals surface area contributed by atoms with Gasteiger partial charge in [-0.3, -0.25) is 4.40 Å². The Morgan fingerprint density at radius 3 is 3.13 bits per heavy atom. The van der Waals surface area contributed by atoms with E-state index in [0.717, 1.165) is 24.6 Å². The zero-order chi connectivity index (χ0) is 10.3.